The molecule has 0 saturated heterocycles. The van der Waals surface area contributed by atoms with Gasteiger partial charge in [0.1, 0.15) is 5.15 Å². The number of aromatic nitrogens is 2. The van der Waals surface area contributed by atoms with Crippen LogP contribution < -0.4 is 5.48 Å². The average molecular weight is 204 g/mol. The molecular formula is C6H6ClN3O3. The number of hydrogen-bond acceptors (Lipinski definition) is 5. The lowest BCUT2D eigenvalue weighted by atomic mass is 10.7. The molecule has 1 aromatic rings. The van der Waals surface area contributed by atoms with Gasteiger partial charge in [0, 0.05) is 0 Å². The zero-order valence-electron chi connectivity index (χ0n) is 6.40. The molecule has 0 aliphatic carbocycles. The fourth-order valence-corrected chi connectivity index (χ4v) is 0.711. The van der Waals surface area contributed by atoms with Gasteiger partial charge in [0.25, 0.3) is 0 Å². The van der Waals surface area contributed by atoms with Crippen LogP contribution in [0, 0.1) is 0 Å². The molecule has 0 saturated carbocycles. The van der Waals surface area contributed by atoms with Gasteiger partial charge in [0.2, 0.25) is 0 Å². The van der Waals surface area contributed by atoms with Gasteiger partial charge in [-0.05, 0) is 0 Å². The first-order valence-electron chi connectivity index (χ1n) is 3.25. The van der Waals surface area contributed by atoms with Gasteiger partial charge in [0.15, 0.2) is 12.4 Å². The van der Waals surface area contributed by atoms with Crippen molar-refractivity contribution in [1.29, 1.82) is 0 Å². The molecule has 0 fully saturated rings. The highest BCUT2D eigenvalue weighted by Gasteiger charge is 1.98. The van der Waals surface area contributed by atoms with Gasteiger partial charge >= 0.3 is 5.97 Å². The molecule has 0 amide bonds. The SMILES string of the molecule is O=C(O)CONc1cncc(Cl)n1. The second-order valence-corrected chi connectivity index (χ2v) is 2.40. The van der Waals surface area contributed by atoms with Gasteiger partial charge in [0.05, 0.1) is 12.4 Å². The van der Waals surface area contributed by atoms with Gasteiger partial charge in [-0.2, -0.15) is 0 Å². The molecule has 7 heteroatoms. The zero-order valence-corrected chi connectivity index (χ0v) is 7.15. The highest BCUT2D eigenvalue weighted by Crippen LogP contribution is 2.05. The molecule has 0 aromatic carbocycles. The predicted octanol–water partition coefficient (Wildman–Crippen LogP) is 0.558. The monoisotopic (exact) mass is 203 g/mol. The second kappa shape index (κ2) is 4.58. The molecule has 0 spiro atoms. The third-order valence-electron chi connectivity index (χ3n) is 0.978. The second-order valence-electron chi connectivity index (χ2n) is 2.01. The molecule has 0 radical (unpaired) electrons. The van der Waals surface area contributed by atoms with E-state index in [0.717, 1.165) is 0 Å². The molecule has 0 atom stereocenters. The van der Waals surface area contributed by atoms with Crippen molar-refractivity contribution in [1.82, 2.24) is 9.97 Å². The molecule has 2 N–H and O–H groups in total. The summed E-state index contributed by atoms with van der Waals surface area (Å²) < 4.78 is 0. The smallest absolute Gasteiger partial charge is 0.332 e. The van der Waals surface area contributed by atoms with Crippen molar-refractivity contribution >= 4 is 23.4 Å². The van der Waals surface area contributed by atoms with E-state index < -0.39 is 12.6 Å². The maximum Gasteiger partial charge on any atom is 0.332 e. The molecule has 6 nitrogen and oxygen atoms in total. The van der Waals surface area contributed by atoms with E-state index in [4.69, 9.17) is 16.7 Å². The topological polar surface area (TPSA) is 84.3 Å². The Labute approximate surface area is 78.5 Å². The molecule has 0 aliphatic heterocycles. The summed E-state index contributed by atoms with van der Waals surface area (Å²) in [4.78, 5) is 22.0. The standard InChI is InChI=1S/C6H6ClN3O3/c7-4-1-8-2-5(9-4)10-13-3-6(11)12/h1-2H,3H2,(H,9,10)(H,11,12). The van der Waals surface area contributed by atoms with Crippen molar-refractivity contribution in [3.05, 3.63) is 17.5 Å². The minimum absolute atomic E-state index is 0.198. The maximum absolute atomic E-state index is 10.0. The highest BCUT2D eigenvalue weighted by atomic mass is 35.5. The van der Waals surface area contributed by atoms with Crippen LogP contribution in [0.15, 0.2) is 12.4 Å². The Kier molecular flexibility index (Phi) is 3.41. The molecule has 1 rings (SSSR count). The Morgan fingerprint density at radius 3 is 3.08 bits per heavy atom. The maximum atomic E-state index is 10.0. The lowest BCUT2D eigenvalue weighted by Crippen LogP contribution is -2.12. The quantitative estimate of drug-likeness (QED) is 0.696. The summed E-state index contributed by atoms with van der Waals surface area (Å²) in [6.07, 6.45) is 2.71. The zero-order chi connectivity index (χ0) is 9.68. The Bertz CT molecular complexity index is 307. The number of anilines is 1. The van der Waals surface area contributed by atoms with Crippen molar-refractivity contribution in [2.45, 2.75) is 0 Å². The molecule has 0 bridgehead atoms. The van der Waals surface area contributed by atoms with Crippen molar-refractivity contribution in [3.8, 4) is 0 Å². The third-order valence-corrected chi connectivity index (χ3v) is 1.16. The Balaban J connectivity index is 2.41. The summed E-state index contributed by atoms with van der Waals surface area (Å²) in [5, 5.41) is 8.42. The minimum Gasteiger partial charge on any atom is -0.479 e. The first-order valence-corrected chi connectivity index (χ1v) is 3.63. The average Bonchev–Trinajstić information content (AvgIpc) is 2.03. The Morgan fingerprint density at radius 1 is 1.69 bits per heavy atom. The fraction of sp³-hybridized carbons (Fsp3) is 0.167. The molecule has 0 aliphatic rings. The van der Waals surface area contributed by atoms with Gasteiger partial charge in [-0.3, -0.25) is 9.82 Å². The van der Waals surface area contributed by atoms with Crippen molar-refractivity contribution in [3.63, 3.8) is 0 Å². The van der Waals surface area contributed by atoms with Crippen LogP contribution in [0.1, 0.15) is 0 Å². The number of carbonyl (C=O) groups is 1. The Hall–Kier alpha value is -1.40. The molecule has 1 aromatic heterocycles. The van der Waals surface area contributed by atoms with E-state index in [1.165, 1.54) is 12.4 Å². The van der Waals surface area contributed by atoms with Crippen LogP contribution in [0.4, 0.5) is 5.82 Å². The van der Waals surface area contributed by atoms with Crippen LogP contribution in [-0.4, -0.2) is 27.7 Å². The number of carboxylic acid groups (broad SMARTS) is 1. The van der Waals surface area contributed by atoms with Crippen molar-refractivity contribution in [2.75, 3.05) is 12.1 Å². The summed E-state index contributed by atoms with van der Waals surface area (Å²) in [7, 11) is 0. The Morgan fingerprint density at radius 2 is 2.46 bits per heavy atom. The molecule has 13 heavy (non-hydrogen) atoms. The van der Waals surface area contributed by atoms with Gasteiger partial charge < -0.3 is 5.11 Å². The van der Waals surface area contributed by atoms with E-state index in [9.17, 15) is 4.79 Å². The fourth-order valence-electron chi connectivity index (χ4n) is 0.563. The molecule has 1 heterocycles. The normalized spacial score (nSPS) is 9.62. The van der Waals surface area contributed by atoms with Crippen LogP contribution in [0.3, 0.4) is 0 Å². The van der Waals surface area contributed by atoms with Gasteiger partial charge in [-0.15, -0.1) is 0 Å². The minimum atomic E-state index is -1.08. The predicted molar refractivity (Wildman–Crippen MR) is 44.3 cm³/mol. The number of nitrogens with one attached hydrogen (secondary N) is 1. The summed E-state index contributed by atoms with van der Waals surface area (Å²) in [5.74, 6) is -0.823. The van der Waals surface area contributed by atoms with E-state index in [2.05, 4.69) is 20.3 Å². The summed E-state index contributed by atoms with van der Waals surface area (Å²) in [6.45, 7) is -0.464. The number of aliphatic carboxylic acids is 1. The van der Waals surface area contributed by atoms with Crippen LogP contribution in [-0.2, 0) is 9.63 Å². The van der Waals surface area contributed by atoms with Crippen LogP contribution in [0.25, 0.3) is 0 Å². The molecule has 0 unspecified atom stereocenters. The number of nitrogens with zero attached hydrogens (tertiary/aromatic N) is 2. The largest absolute Gasteiger partial charge is 0.479 e. The van der Waals surface area contributed by atoms with E-state index in [-0.39, 0.29) is 11.0 Å². The van der Waals surface area contributed by atoms with Gasteiger partial charge in [-0.1, -0.05) is 11.6 Å². The van der Waals surface area contributed by atoms with Crippen LogP contribution in [0.5, 0.6) is 0 Å². The van der Waals surface area contributed by atoms with E-state index in [0.29, 0.717) is 0 Å². The van der Waals surface area contributed by atoms with Gasteiger partial charge in [-0.25, -0.2) is 15.3 Å². The summed E-state index contributed by atoms with van der Waals surface area (Å²) >= 11 is 5.50. The first-order chi connectivity index (χ1) is 6.18. The van der Waals surface area contributed by atoms with E-state index in [1.807, 2.05) is 0 Å². The van der Waals surface area contributed by atoms with Crippen molar-refractivity contribution < 1.29 is 14.7 Å². The lowest BCUT2D eigenvalue weighted by Gasteiger charge is -2.02. The first kappa shape index (κ1) is 9.69. The van der Waals surface area contributed by atoms with Crippen molar-refractivity contribution in [2.24, 2.45) is 0 Å². The molecular weight excluding hydrogens is 198 g/mol. The van der Waals surface area contributed by atoms with Crippen LogP contribution in [0.2, 0.25) is 5.15 Å². The van der Waals surface area contributed by atoms with E-state index >= 15 is 0 Å². The van der Waals surface area contributed by atoms with Crippen LogP contribution >= 0.6 is 11.6 Å². The number of halogens is 1. The highest BCUT2D eigenvalue weighted by molar-refractivity contribution is 6.29. The summed E-state index contributed by atoms with van der Waals surface area (Å²) in [6, 6.07) is 0. The molecule has 70 valence electrons. The number of hydrogen-bond donors (Lipinski definition) is 2. The lowest BCUT2D eigenvalue weighted by molar-refractivity contribution is -0.141. The van der Waals surface area contributed by atoms with E-state index in [1.54, 1.807) is 0 Å². The summed E-state index contributed by atoms with van der Waals surface area (Å²) in [5.41, 5.74) is 2.28. The number of rotatable bonds is 4. The third kappa shape index (κ3) is 3.68. The number of carboxylic acids is 1.